The first-order valence-electron chi connectivity index (χ1n) is 20.6. The summed E-state index contributed by atoms with van der Waals surface area (Å²) in [5, 5.41) is 14.9. The summed E-state index contributed by atoms with van der Waals surface area (Å²) < 4.78 is 0. The Balaban J connectivity index is 1.11. The van der Waals surface area contributed by atoms with Crippen molar-refractivity contribution in [1.29, 1.82) is 0 Å². The van der Waals surface area contributed by atoms with Crippen LogP contribution < -0.4 is 5.73 Å². The SMILES string of the molecule is NC(=N/C(=C\Cc1c2ccccc2cc2c1ccc1ccccc12)c1ccc(-c2c3ccccc3c(-c3ccccc3)c3ccc4ccccc4c23)cc1)c1ccccc1. The van der Waals surface area contributed by atoms with E-state index in [-0.39, 0.29) is 0 Å². The zero-order valence-corrected chi connectivity index (χ0v) is 33.0. The van der Waals surface area contributed by atoms with Gasteiger partial charge in [0, 0.05) is 5.56 Å². The molecule has 11 aromatic rings. The fraction of sp³-hybridized carbons (Fsp3) is 0.0172. The highest BCUT2D eigenvalue weighted by atomic mass is 14.9. The summed E-state index contributed by atoms with van der Waals surface area (Å²) >= 11 is 0. The molecule has 0 fully saturated rings. The summed E-state index contributed by atoms with van der Waals surface area (Å²) in [7, 11) is 0. The number of amidine groups is 1. The molecule has 2 N–H and O–H groups in total. The number of aliphatic imine (C=N–C) groups is 1. The average molecular weight is 765 g/mol. The maximum absolute atomic E-state index is 6.82. The summed E-state index contributed by atoms with van der Waals surface area (Å²) in [6.07, 6.45) is 2.94. The standard InChI is InChI=1S/C58H40N2/c59-58(43-19-5-2-6-20-43)60-54(36-35-48-46-23-11-9-21-44(46)37-53-45-22-10-7-15-38(45)31-33-49(48)53)40-27-29-42(30-28-40)56-51-26-14-13-25-50(51)55(41-17-3-1-4-18-41)52-34-32-39-16-8-12-24-47(39)57(52)56/h1-34,36-37H,35H2,(H2,59,60)/b54-36-. The second kappa shape index (κ2) is 14.8. The zero-order valence-electron chi connectivity index (χ0n) is 33.0. The van der Waals surface area contributed by atoms with Crippen LogP contribution in [0.1, 0.15) is 16.7 Å². The van der Waals surface area contributed by atoms with Crippen molar-refractivity contribution in [3.05, 3.63) is 235 Å². The summed E-state index contributed by atoms with van der Waals surface area (Å²) in [4.78, 5) is 5.19. The number of allylic oxidation sites excluding steroid dienone is 1. The first-order chi connectivity index (χ1) is 29.7. The van der Waals surface area contributed by atoms with Crippen molar-refractivity contribution in [2.75, 3.05) is 0 Å². The Morgan fingerprint density at radius 3 is 1.63 bits per heavy atom. The molecule has 0 amide bonds. The van der Waals surface area contributed by atoms with Gasteiger partial charge in [0.05, 0.1) is 5.70 Å². The van der Waals surface area contributed by atoms with Gasteiger partial charge in [-0.05, 0) is 111 Å². The molecule has 0 spiro atoms. The molecule has 0 aliphatic carbocycles. The molecule has 0 saturated carbocycles. The summed E-state index contributed by atoms with van der Waals surface area (Å²) in [5.41, 5.74) is 15.7. The van der Waals surface area contributed by atoms with E-state index < -0.39 is 0 Å². The van der Waals surface area contributed by atoms with Crippen LogP contribution in [0, 0.1) is 0 Å². The van der Waals surface area contributed by atoms with E-state index in [0.29, 0.717) is 12.3 Å². The summed E-state index contributed by atoms with van der Waals surface area (Å²) in [6.45, 7) is 0. The first-order valence-corrected chi connectivity index (χ1v) is 20.6. The van der Waals surface area contributed by atoms with Crippen LogP contribution >= 0.6 is 0 Å². The van der Waals surface area contributed by atoms with Crippen molar-refractivity contribution < 1.29 is 0 Å². The van der Waals surface area contributed by atoms with Crippen LogP contribution in [0.25, 0.3) is 92.6 Å². The maximum atomic E-state index is 6.82. The van der Waals surface area contributed by atoms with E-state index >= 15 is 0 Å². The number of benzene rings is 11. The van der Waals surface area contributed by atoms with E-state index in [2.05, 4.69) is 188 Å². The molecular weight excluding hydrogens is 725 g/mol. The van der Waals surface area contributed by atoms with E-state index in [1.165, 1.54) is 86.9 Å². The molecule has 60 heavy (non-hydrogen) atoms. The molecule has 2 heteroatoms. The van der Waals surface area contributed by atoms with Crippen LogP contribution in [0.4, 0.5) is 0 Å². The Kier molecular flexibility index (Phi) is 8.75. The van der Waals surface area contributed by atoms with Crippen LogP contribution in [-0.4, -0.2) is 5.84 Å². The molecule has 0 radical (unpaired) electrons. The van der Waals surface area contributed by atoms with Crippen LogP contribution in [0.15, 0.2) is 223 Å². The quantitative estimate of drug-likeness (QED) is 0.0746. The maximum Gasteiger partial charge on any atom is 0.131 e. The fourth-order valence-corrected chi connectivity index (χ4v) is 9.33. The minimum Gasteiger partial charge on any atom is -0.383 e. The Hall–Kier alpha value is -7.81. The first kappa shape index (κ1) is 35.4. The molecular formula is C58H40N2. The molecule has 0 atom stereocenters. The monoisotopic (exact) mass is 764 g/mol. The van der Waals surface area contributed by atoms with Gasteiger partial charge in [-0.2, -0.15) is 0 Å². The van der Waals surface area contributed by atoms with Gasteiger partial charge in [-0.1, -0.05) is 212 Å². The number of hydrogen-bond donors (Lipinski definition) is 1. The van der Waals surface area contributed by atoms with Crippen molar-refractivity contribution >= 4 is 76.2 Å². The lowest BCUT2D eigenvalue weighted by atomic mass is 9.84. The predicted octanol–water partition coefficient (Wildman–Crippen LogP) is 14.9. The molecule has 282 valence electrons. The fourth-order valence-electron chi connectivity index (χ4n) is 9.33. The Morgan fingerprint density at radius 1 is 0.383 bits per heavy atom. The van der Waals surface area contributed by atoms with Crippen molar-refractivity contribution in [3.63, 3.8) is 0 Å². The van der Waals surface area contributed by atoms with Crippen molar-refractivity contribution in [2.24, 2.45) is 10.7 Å². The smallest absolute Gasteiger partial charge is 0.131 e. The summed E-state index contributed by atoms with van der Waals surface area (Å²) in [5.74, 6) is 0.486. The molecule has 11 aromatic carbocycles. The predicted molar refractivity (Wildman–Crippen MR) is 258 cm³/mol. The second-order valence-corrected chi connectivity index (χ2v) is 15.6. The highest BCUT2D eigenvalue weighted by Gasteiger charge is 2.19. The van der Waals surface area contributed by atoms with E-state index in [1.807, 2.05) is 30.3 Å². The topological polar surface area (TPSA) is 38.4 Å². The lowest BCUT2D eigenvalue weighted by Crippen LogP contribution is -2.13. The van der Waals surface area contributed by atoms with Gasteiger partial charge in [-0.25, -0.2) is 4.99 Å². The molecule has 0 aliphatic heterocycles. The van der Waals surface area contributed by atoms with Crippen molar-refractivity contribution in [1.82, 2.24) is 0 Å². The lowest BCUT2D eigenvalue weighted by Gasteiger charge is -2.19. The van der Waals surface area contributed by atoms with Crippen molar-refractivity contribution in [3.8, 4) is 22.3 Å². The molecule has 0 aliphatic rings. The van der Waals surface area contributed by atoms with Crippen LogP contribution in [0.2, 0.25) is 0 Å². The molecule has 11 rings (SSSR count). The van der Waals surface area contributed by atoms with E-state index in [9.17, 15) is 0 Å². The Morgan fingerprint density at radius 2 is 0.917 bits per heavy atom. The van der Waals surface area contributed by atoms with Gasteiger partial charge in [-0.3, -0.25) is 0 Å². The Bertz CT molecular complexity index is 3490. The molecule has 0 heterocycles. The van der Waals surface area contributed by atoms with Gasteiger partial charge in [-0.15, -0.1) is 0 Å². The highest BCUT2D eigenvalue weighted by molar-refractivity contribution is 6.28. The summed E-state index contributed by atoms with van der Waals surface area (Å²) in [6, 6.07) is 76.3. The van der Waals surface area contributed by atoms with Crippen LogP contribution in [0.5, 0.6) is 0 Å². The third-order valence-electron chi connectivity index (χ3n) is 12.1. The van der Waals surface area contributed by atoms with E-state index in [4.69, 9.17) is 10.7 Å². The molecule has 0 aromatic heterocycles. The average Bonchev–Trinajstić information content (AvgIpc) is 3.32. The van der Waals surface area contributed by atoms with E-state index in [1.54, 1.807) is 0 Å². The van der Waals surface area contributed by atoms with Gasteiger partial charge in [0.25, 0.3) is 0 Å². The molecule has 2 nitrogen and oxygen atoms in total. The van der Waals surface area contributed by atoms with Crippen LogP contribution in [0.3, 0.4) is 0 Å². The van der Waals surface area contributed by atoms with Gasteiger partial charge < -0.3 is 5.73 Å². The van der Waals surface area contributed by atoms with Gasteiger partial charge in [0.1, 0.15) is 5.84 Å². The van der Waals surface area contributed by atoms with Gasteiger partial charge >= 0.3 is 0 Å². The highest BCUT2D eigenvalue weighted by Crippen LogP contribution is 2.46. The third kappa shape index (κ3) is 6.09. The molecule has 0 unspecified atom stereocenters. The van der Waals surface area contributed by atoms with Crippen molar-refractivity contribution in [2.45, 2.75) is 6.42 Å². The molecule has 0 bridgehead atoms. The Labute approximate surface area is 349 Å². The number of nitrogens with zero attached hydrogens (tertiary/aromatic N) is 1. The number of fused-ring (bicyclic) bond motifs is 8. The number of rotatable bonds is 7. The minimum atomic E-state index is 0.486. The molecule has 0 saturated heterocycles. The normalized spacial score (nSPS) is 12.3. The number of hydrogen-bond acceptors (Lipinski definition) is 1. The van der Waals surface area contributed by atoms with Crippen LogP contribution in [-0.2, 0) is 6.42 Å². The zero-order chi connectivity index (χ0) is 40.0. The van der Waals surface area contributed by atoms with Gasteiger partial charge in [0.2, 0.25) is 0 Å². The van der Waals surface area contributed by atoms with Gasteiger partial charge in [0.15, 0.2) is 0 Å². The third-order valence-corrected chi connectivity index (χ3v) is 12.1. The van der Waals surface area contributed by atoms with E-state index in [0.717, 1.165) is 22.4 Å². The second-order valence-electron chi connectivity index (χ2n) is 15.6. The minimum absolute atomic E-state index is 0.486. The number of nitrogens with two attached hydrogens (primary N) is 1. The largest absolute Gasteiger partial charge is 0.383 e. The lowest BCUT2D eigenvalue weighted by molar-refractivity contribution is 1.30.